The van der Waals surface area contributed by atoms with E-state index in [2.05, 4.69) is 0 Å². The van der Waals surface area contributed by atoms with Crippen molar-refractivity contribution in [1.29, 1.82) is 0 Å². The Morgan fingerprint density at radius 1 is 1.05 bits per heavy atom. The van der Waals surface area contributed by atoms with Crippen LogP contribution in [0.15, 0.2) is 48.5 Å². The van der Waals surface area contributed by atoms with E-state index in [1.165, 1.54) is 18.7 Å². The second-order valence-corrected chi connectivity index (χ2v) is 5.02. The Labute approximate surface area is 125 Å². The fourth-order valence-corrected chi connectivity index (χ4v) is 2.05. The Kier molecular flexibility index (Phi) is 4.43. The van der Waals surface area contributed by atoms with Gasteiger partial charge in [-0.25, -0.2) is 4.79 Å². The summed E-state index contributed by atoms with van der Waals surface area (Å²) in [5.41, 5.74) is 11.5. The lowest BCUT2D eigenvalue weighted by atomic mass is 9.95. The molecule has 0 unspecified atom stereocenters. The third kappa shape index (κ3) is 3.51. The van der Waals surface area contributed by atoms with Gasteiger partial charge in [0.2, 0.25) is 0 Å². The highest BCUT2D eigenvalue weighted by Gasteiger charge is 2.09. The van der Waals surface area contributed by atoms with Gasteiger partial charge in [0, 0.05) is 11.8 Å². The normalized spacial score (nSPS) is 11.3. The summed E-state index contributed by atoms with van der Waals surface area (Å²) in [6.45, 7) is 3.98. The van der Waals surface area contributed by atoms with Crippen LogP contribution in [0.25, 0.3) is 5.57 Å². The Bertz CT molecular complexity index is 685. The molecule has 108 valence electrons. The van der Waals surface area contributed by atoms with E-state index in [4.69, 9.17) is 10.5 Å². The molecule has 0 saturated heterocycles. The zero-order valence-corrected chi connectivity index (χ0v) is 12.5. The standard InChI is InChI=1S/C18H19NO2/c1-12-4-7-14(8-5-12)16(11-18(20)21-3)15-9-6-13(2)17(19)10-15/h4-11H,19H2,1-3H3/b16-11+. The van der Waals surface area contributed by atoms with Crippen molar-refractivity contribution in [3.05, 3.63) is 70.8 Å². The first kappa shape index (κ1) is 14.9. The van der Waals surface area contributed by atoms with Gasteiger partial charge in [0.15, 0.2) is 0 Å². The van der Waals surface area contributed by atoms with E-state index in [0.717, 1.165) is 22.3 Å². The third-order valence-electron chi connectivity index (χ3n) is 3.42. The van der Waals surface area contributed by atoms with Crippen molar-refractivity contribution >= 4 is 17.2 Å². The van der Waals surface area contributed by atoms with Gasteiger partial charge in [-0.15, -0.1) is 0 Å². The Hall–Kier alpha value is -2.55. The minimum atomic E-state index is -0.385. The summed E-state index contributed by atoms with van der Waals surface area (Å²) >= 11 is 0. The number of hydrogen-bond acceptors (Lipinski definition) is 3. The Morgan fingerprint density at radius 3 is 2.24 bits per heavy atom. The number of methoxy groups -OCH3 is 1. The number of carbonyl (C=O) groups is 1. The molecule has 3 heteroatoms. The van der Waals surface area contributed by atoms with E-state index < -0.39 is 0 Å². The van der Waals surface area contributed by atoms with Gasteiger partial charge < -0.3 is 10.5 Å². The Morgan fingerprint density at radius 2 is 1.67 bits per heavy atom. The van der Waals surface area contributed by atoms with Crippen LogP contribution in [0, 0.1) is 13.8 Å². The van der Waals surface area contributed by atoms with Crippen molar-refractivity contribution in [2.24, 2.45) is 0 Å². The monoisotopic (exact) mass is 281 g/mol. The SMILES string of the molecule is COC(=O)/C=C(\c1ccc(C)cc1)c1ccc(C)c(N)c1. The smallest absolute Gasteiger partial charge is 0.331 e. The lowest BCUT2D eigenvalue weighted by Gasteiger charge is -2.11. The highest BCUT2D eigenvalue weighted by molar-refractivity contribution is 5.96. The minimum Gasteiger partial charge on any atom is -0.466 e. The van der Waals surface area contributed by atoms with E-state index in [0.29, 0.717) is 5.69 Å². The van der Waals surface area contributed by atoms with Crippen LogP contribution in [-0.2, 0) is 9.53 Å². The average molecular weight is 281 g/mol. The van der Waals surface area contributed by atoms with E-state index in [1.54, 1.807) is 0 Å². The fraction of sp³-hybridized carbons (Fsp3) is 0.167. The van der Waals surface area contributed by atoms with Crippen LogP contribution in [0.2, 0.25) is 0 Å². The van der Waals surface area contributed by atoms with Gasteiger partial charge in [-0.05, 0) is 42.2 Å². The number of ether oxygens (including phenoxy) is 1. The van der Waals surface area contributed by atoms with E-state index in [9.17, 15) is 4.79 Å². The first-order valence-corrected chi connectivity index (χ1v) is 6.74. The van der Waals surface area contributed by atoms with E-state index in [1.807, 2.05) is 56.3 Å². The highest BCUT2D eigenvalue weighted by atomic mass is 16.5. The van der Waals surface area contributed by atoms with Gasteiger partial charge in [-0.2, -0.15) is 0 Å². The molecule has 2 aromatic carbocycles. The number of nitrogen functional groups attached to an aromatic ring is 1. The van der Waals surface area contributed by atoms with Gasteiger partial charge in [0.05, 0.1) is 7.11 Å². The minimum absolute atomic E-state index is 0.385. The molecule has 0 amide bonds. The third-order valence-corrected chi connectivity index (χ3v) is 3.42. The summed E-state index contributed by atoms with van der Waals surface area (Å²) in [6.07, 6.45) is 1.49. The van der Waals surface area contributed by atoms with Gasteiger partial charge in [-0.3, -0.25) is 0 Å². The maximum Gasteiger partial charge on any atom is 0.331 e. The molecular formula is C18H19NO2. The maximum absolute atomic E-state index is 11.7. The summed E-state index contributed by atoms with van der Waals surface area (Å²) in [6, 6.07) is 13.8. The largest absolute Gasteiger partial charge is 0.466 e. The van der Waals surface area contributed by atoms with Crippen LogP contribution < -0.4 is 5.73 Å². The quantitative estimate of drug-likeness (QED) is 0.532. The average Bonchev–Trinajstić information content (AvgIpc) is 2.48. The zero-order chi connectivity index (χ0) is 15.4. The summed E-state index contributed by atoms with van der Waals surface area (Å²) in [7, 11) is 1.37. The molecule has 3 nitrogen and oxygen atoms in total. The van der Waals surface area contributed by atoms with Crippen LogP contribution in [0.5, 0.6) is 0 Å². The lowest BCUT2D eigenvalue weighted by molar-refractivity contribution is -0.134. The summed E-state index contributed by atoms with van der Waals surface area (Å²) in [5.74, 6) is -0.385. The number of anilines is 1. The molecule has 0 heterocycles. The predicted octanol–water partition coefficient (Wildman–Crippen LogP) is 3.49. The van der Waals surface area contributed by atoms with Crippen molar-refractivity contribution < 1.29 is 9.53 Å². The second kappa shape index (κ2) is 6.27. The van der Waals surface area contributed by atoms with Gasteiger partial charge in [0.25, 0.3) is 0 Å². The molecule has 0 aliphatic rings. The molecule has 0 fully saturated rings. The lowest BCUT2D eigenvalue weighted by Crippen LogP contribution is -1.99. The van der Waals surface area contributed by atoms with Crippen LogP contribution in [0.4, 0.5) is 5.69 Å². The van der Waals surface area contributed by atoms with Gasteiger partial charge >= 0.3 is 5.97 Å². The predicted molar refractivity (Wildman–Crippen MR) is 85.9 cm³/mol. The number of nitrogens with two attached hydrogens (primary N) is 1. The van der Waals surface area contributed by atoms with Crippen LogP contribution in [-0.4, -0.2) is 13.1 Å². The first-order valence-electron chi connectivity index (χ1n) is 6.74. The number of esters is 1. The van der Waals surface area contributed by atoms with Gasteiger partial charge in [-0.1, -0.05) is 42.0 Å². The summed E-state index contributed by atoms with van der Waals surface area (Å²) < 4.78 is 4.75. The van der Waals surface area contributed by atoms with Gasteiger partial charge in [0.1, 0.15) is 0 Å². The Balaban J connectivity index is 2.55. The molecule has 2 aromatic rings. The van der Waals surface area contributed by atoms with Crippen molar-refractivity contribution in [2.45, 2.75) is 13.8 Å². The number of rotatable bonds is 3. The molecule has 0 radical (unpaired) electrons. The molecule has 0 aromatic heterocycles. The van der Waals surface area contributed by atoms with Crippen molar-refractivity contribution in [3.63, 3.8) is 0 Å². The topological polar surface area (TPSA) is 52.3 Å². The van der Waals surface area contributed by atoms with Crippen LogP contribution >= 0.6 is 0 Å². The molecule has 0 aliphatic carbocycles. The molecule has 2 rings (SSSR count). The summed E-state index contributed by atoms with van der Waals surface area (Å²) in [5, 5.41) is 0. The van der Waals surface area contributed by atoms with Crippen molar-refractivity contribution in [1.82, 2.24) is 0 Å². The number of aryl methyl sites for hydroxylation is 2. The number of benzene rings is 2. The summed E-state index contributed by atoms with van der Waals surface area (Å²) in [4.78, 5) is 11.7. The molecule has 0 spiro atoms. The number of carbonyl (C=O) groups excluding carboxylic acids is 1. The zero-order valence-electron chi connectivity index (χ0n) is 12.5. The number of hydrogen-bond donors (Lipinski definition) is 1. The molecule has 0 saturated carbocycles. The van der Waals surface area contributed by atoms with Crippen LogP contribution in [0.3, 0.4) is 0 Å². The molecule has 0 atom stereocenters. The van der Waals surface area contributed by atoms with Crippen LogP contribution in [0.1, 0.15) is 22.3 Å². The second-order valence-electron chi connectivity index (χ2n) is 5.02. The maximum atomic E-state index is 11.7. The van der Waals surface area contributed by atoms with Crippen molar-refractivity contribution in [3.8, 4) is 0 Å². The van der Waals surface area contributed by atoms with E-state index in [-0.39, 0.29) is 5.97 Å². The molecule has 2 N–H and O–H groups in total. The fourth-order valence-electron chi connectivity index (χ4n) is 2.05. The molecular weight excluding hydrogens is 262 g/mol. The molecule has 21 heavy (non-hydrogen) atoms. The van der Waals surface area contributed by atoms with E-state index >= 15 is 0 Å². The molecule has 0 bridgehead atoms. The highest BCUT2D eigenvalue weighted by Crippen LogP contribution is 2.26. The van der Waals surface area contributed by atoms with Crippen molar-refractivity contribution in [2.75, 3.05) is 12.8 Å². The molecule has 0 aliphatic heterocycles. The first-order chi connectivity index (χ1) is 10.0.